The fourth-order valence-electron chi connectivity index (χ4n) is 6.35. The third kappa shape index (κ3) is 4.11. The Hall–Kier alpha value is -4.19. The van der Waals surface area contributed by atoms with Crippen LogP contribution in [0.3, 0.4) is 0 Å². The SMILES string of the molecule is CC(=O)Nc1cccc(C2(C)c3ccc([nH]3)C(C)(C)c3ccc([nH]3)C(C)(C)c3ccc([nH]3)C(C)(C)c3ccc2[nH]3)c1. The Morgan fingerprint density at radius 2 is 0.878 bits per heavy atom. The number of carbonyl (C=O) groups is 1. The molecule has 212 valence electrons. The fourth-order valence-corrected chi connectivity index (χ4v) is 6.35. The lowest BCUT2D eigenvalue weighted by atomic mass is 9.76. The lowest BCUT2D eigenvalue weighted by Crippen LogP contribution is -2.29. The van der Waals surface area contributed by atoms with Crippen molar-refractivity contribution in [3.8, 4) is 0 Å². The summed E-state index contributed by atoms with van der Waals surface area (Å²) in [5.74, 6) is -0.0862. The minimum Gasteiger partial charge on any atom is -0.361 e. The summed E-state index contributed by atoms with van der Waals surface area (Å²) in [6.45, 7) is 17.3. The molecule has 0 unspecified atom stereocenters. The van der Waals surface area contributed by atoms with Crippen LogP contribution in [-0.2, 0) is 26.5 Å². The summed E-state index contributed by atoms with van der Waals surface area (Å²) in [5.41, 5.74) is 9.59. The van der Waals surface area contributed by atoms with Gasteiger partial charge in [0, 0.05) is 74.4 Å². The predicted molar refractivity (Wildman–Crippen MR) is 166 cm³/mol. The van der Waals surface area contributed by atoms with E-state index in [9.17, 15) is 4.79 Å². The van der Waals surface area contributed by atoms with E-state index in [1.807, 2.05) is 12.1 Å². The number of H-pyrrole nitrogens is 4. The van der Waals surface area contributed by atoms with E-state index in [-0.39, 0.29) is 22.2 Å². The summed E-state index contributed by atoms with van der Waals surface area (Å²) in [5, 5.41) is 2.97. The van der Waals surface area contributed by atoms with Crippen LogP contribution in [0.15, 0.2) is 72.8 Å². The van der Waals surface area contributed by atoms with Crippen molar-refractivity contribution in [1.29, 1.82) is 0 Å². The molecule has 1 amide bonds. The van der Waals surface area contributed by atoms with Crippen LogP contribution in [-0.4, -0.2) is 25.8 Å². The smallest absolute Gasteiger partial charge is 0.221 e. The van der Waals surface area contributed by atoms with Crippen molar-refractivity contribution in [2.45, 2.75) is 77.0 Å². The molecule has 0 saturated carbocycles. The fraction of sp³-hybridized carbons (Fsp3) is 0.343. The highest BCUT2D eigenvalue weighted by Crippen LogP contribution is 2.43. The van der Waals surface area contributed by atoms with Gasteiger partial charge in [-0.05, 0) is 115 Å². The lowest BCUT2D eigenvalue weighted by molar-refractivity contribution is -0.114. The molecule has 0 fully saturated rings. The second kappa shape index (κ2) is 8.90. The average Bonchev–Trinajstić information content (AvgIpc) is 3.74. The van der Waals surface area contributed by atoms with Crippen LogP contribution in [0.1, 0.15) is 107 Å². The van der Waals surface area contributed by atoms with E-state index in [1.165, 1.54) is 11.4 Å². The highest BCUT2D eigenvalue weighted by molar-refractivity contribution is 5.88. The zero-order chi connectivity index (χ0) is 29.4. The van der Waals surface area contributed by atoms with Gasteiger partial charge >= 0.3 is 0 Å². The zero-order valence-corrected chi connectivity index (χ0v) is 25.3. The van der Waals surface area contributed by atoms with Crippen LogP contribution < -0.4 is 5.32 Å². The van der Waals surface area contributed by atoms with Crippen molar-refractivity contribution in [3.05, 3.63) is 124 Å². The minimum atomic E-state index is -0.544. The summed E-state index contributed by atoms with van der Waals surface area (Å²) in [4.78, 5) is 27.2. The quantitative estimate of drug-likeness (QED) is 0.155. The molecule has 4 aromatic heterocycles. The third-order valence-electron chi connectivity index (χ3n) is 9.62. The lowest BCUT2D eigenvalue weighted by Gasteiger charge is -2.31. The number of anilines is 1. The summed E-state index contributed by atoms with van der Waals surface area (Å²) >= 11 is 0. The molecule has 6 heteroatoms. The van der Waals surface area contributed by atoms with Gasteiger partial charge in [-0.2, -0.15) is 0 Å². The maximum Gasteiger partial charge on any atom is 0.221 e. The molecule has 1 aliphatic rings. The molecule has 1 aromatic carbocycles. The van der Waals surface area contributed by atoms with Crippen LogP contribution >= 0.6 is 0 Å². The Bertz CT molecular complexity index is 1660. The molecule has 6 rings (SSSR count). The number of rotatable bonds is 2. The van der Waals surface area contributed by atoms with Crippen LogP contribution in [0.2, 0.25) is 0 Å². The van der Waals surface area contributed by atoms with Gasteiger partial charge in [-0.25, -0.2) is 0 Å². The molecule has 8 bridgehead atoms. The zero-order valence-electron chi connectivity index (χ0n) is 25.3. The number of amides is 1. The molecule has 0 aliphatic carbocycles. The van der Waals surface area contributed by atoms with Gasteiger partial charge in [-0.1, -0.05) is 12.1 Å². The van der Waals surface area contributed by atoms with E-state index in [2.05, 4.69) is 134 Å². The number of carbonyl (C=O) groups excluding carboxylic acids is 1. The molecule has 5 aromatic rings. The first-order valence-electron chi connectivity index (χ1n) is 14.4. The second-order valence-electron chi connectivity index (χ2n) is 13.4. The topological polar surface area (TPSA) is 92.3 Å². The molecule has 5 N–H and O–H groups in total. The van der Waals surface area contributed by atoms with E-state index < -0.39 is 5.41 Å². The summed E-state index contributed by atoms with van der Waals surface area (Å²) in [6, 6.07) is 25.9. The van der Waals surface area contributed by atoms with Crippen molar-refractivity contribution in [2.75, 3.05) is 5.32 Å². The molecule has 5 heterocycles. The molecule has 0 atom stereocenters. The van der Waals surface area contributed by atoms with Gasteiger partial charge in [0.2, 0.25) is 5.91 Å². The van der Waals surface area contributed by atoms with E-state index in [0.29, 0.717) is 0 Å². The highest BCUT2D eigenvalue weighted by Gasteiger charge is 2.39. The Labute approximate surface area is 242 Å². The van der Waals surface area contributed by atoms with E-state index in [0.717, 1.165) is 45.4 Å². The molecule has 41 heavy (non-hydrogen) atoms. The van der Waals surface area contributed by atoms with Gasteiger partial charge < -0.3 is 25.3 Å². The van der Waals surface area contributed by atoms with Crippen LogP contribution in [0.5, 0.6) is 0 Å². The van der Waals surface area contributed by atoms with Gasteiger partial charge in [-0.15, -0.1) is 0 Å². The minimum absolute atomic E-state index is 0.0862. The van der Waals surface area contributed by atoms with Gasteiger partial charge in [0.25, 0.3) is 0 Å². The number of aromatic amines is 4. The van der Waals surface area contributed by atoms with Crippen molar-refractivity contribution in [3.63, 3.8) is 0 Å². The van der Waals surface area contributed by atoms with E-state index >= 15 is 0 Å². The first kappa shape index (κ1) is 27.0. The summed E-state index contributed by atoms with van der Waals surface area (Å²) in [6.07, 6.45) is 0. The standard InChI is InChI=1S/C35H41N5O/c1-21(41)36-23-11-9-10-22(20-23)35(8)30-18-16-28(39-30)33(4,5)26-14-12-24(37-26)32(2,3)25-13-15-27(38-25)34(6,7)29-17-19-31(35)40-29/h9-20,37-40H,1-8H3,(H,36,41). The summed E-state index contributed by atoms with van der Waals surface area (Å²) < 4.78 is 0. The van der Waals surface area contributed by atoms with Gasteiger partial charge in [0.1, 0.15) is 0 Å². The Morgan fingerprint density at radius 1 is 0.537 bits per heavy atom. The second-order valence-corrected chi connectivity index (χ2v) is 13.4. The molecular weight excluding hydrogens is 506 g/mol. The van der Waals surface area contributed by atoms with Gasteiger partial charge in [0.05, 0.1) is 5.41 Å². The van der Waals surface area contributed by atoms with Crippen molar-refractivity contribution in [2.24, 2.45) is 0 Å². The molecule has 1 aliphatic heterocycles. The van der Waals surface area contributed by atoms with Gasteiger partial charge in [-0.3, -0.25) is 4.79 Å². The van der Waals surface area contributed by atoms with E-state index in [4.69, 9.17) is 0 Å². The van der Waals surface area contributed by atoms with Crippen LogP contribution in [0.4, 0.5) is 5.69 Å². The monoisotopic (exact) mass is 547 g/mol. The number of benzene rings is 1. The van der Waals surface area contributed by atoms with Gasteiger partial charge in [0.15, 0.2) is 0 Å². The molecule has 0 saturated heterocycles. The first-order chi connectivity index (χ1) is 19.2. The maximum absolute atomic E-state index is 11.9. The Balaban J connectivity index is 1.61. The van der Waals surface area contributed by atoms with Crippen LogP contribution in [0.25, 0.3) is 0 Å². The maximum atomic E-state index is 11.9. The van der Waals surface area contributed by atoms with E-state index in [1.54, 1.807) is 6.92 Å². The number of nitrogens with one attached hydrogen (secondary N) is 5. The molecule has 0 spiro atoms. The van der Waals surface area contributed by atoms with Crippen LogP contribution in [0, 0.1) is 0 Å². The molecular formula is C35H41N5O. The largest absolute Gasteiger partial charge is 0.361 e. The third-order valence-corrected chi connectivity index (χ3v) is 9.62. The normalized spacial score (nSPS) is 18.1. The number of hydrogen-bond acceptors (Lipinski definition) is 1. The molecule has 6 nitrogen and oxygen atoms in total. The number of hydrogen-bond donors (Lipinski definition) is 5. The number of fused-ring (bicyclic) bond motifs is 8. The summed E-state index contributed by atoms with van der Waals surface area (Å²) in [7, 11) is 0. The van der Waals surface area contributed by atoms with Crippen molar-refractivity contribution >= 4 is 11.6 Å². The molecule has 0 radical (unpaired) electrons. The highest BCUT2D eigenvalue weighted by atomic mass is 16.1. The predicted octanol–water partition coefficient (Wildman–Crippen LogP) is 7.60. The Morgan fingerprint density at radius 3 is 1.24 bits per heavy atom. The van der Waals surface area contributed by atoms with Crippen molar-refractivity contribution < 1.29 is 4.79 Å². The number of aromatic nitrogens is 4. The Kier molecular flexibility index (Phi) is 5.86. The van der Waals surface area contributed by atoms with Crippen molar-refractivity contribution in [1.82, 2.24) is 19.9 Å². The first-order valence-corrected chi connectivity index (χ1v) is 14.4. The average molecular weight is 548 g/mol.